The van der Waals surface area contributed by atoms with E-state index >= 15 is 0 Å². The van der Waals surface area contributed by atoms with Gasteiger partial charge in [0.15, 0.2) is 5.42 Å². The zero-order chi connectivity index (χ0) is 28.2. The number of fused-ring (bicyclic) bond motifs is 4. The van der Waals surface area contributed by atoms with Crippen molar-refractivity contribution in [2.24, 2.45) is 0 Å². The average Bonchev–Trinajstić information content (AvgIpc) is 3.41. The van der Waals surface area contributed by atoms with E-state index in [4.69, 9.17) is 4.42 Å². The fraction of sp³-hybridized carbons (Fsp3) is 0.105. The number of furan rings is 1. The summed E-state index contributed by atoms with van der Waals surface area (Å²) < 4.78 is 6.44. The summed E-state index contributed by atoms with van der Waals surface area (Å²) in [6.07, 6.45) is 5.76. The zero-order valence-electron chi connectivity index (χ0n) is 23.4. The fourth-order valence-corrected chi connectivity index (χ4v) is 6.21. The lowest BCUT2D eigenvalue weighted by Crippen LogP contribution is -2.29. The van der Waals surface area contributed by atoms with Crippen LogP contribution in [0.25, 0.3) is 46.5 Å². The van der Waals surface area contributed by atoms with Crippen LogP contribution in [-0.4, -0.2) is 0 Å². The summed E-state index contributed by atoms with van der Waals surface area (Å²) in [5.41, 5.74) is 12.5. The molecule has 6 rings (SSSR count). The average molecular weight is 520 g/mol. The van der Waals surface area contributed by atoms with Crippen LogP contribution in [0, 0.1) is 6.92 Å². The van der Waals surface area contributed by atoms with E-state index in [0.29, 0.717) is 5.42 Å². The lowest BCUT2D eigenvalue weighted by molar-refractivity contribution is 0.572. The van der Waals surface area contributed by atoms with Gasteiger partial charge in [-0.2, -0.15) is 0 Å². The van der Waals surface area contributed by atoms with Crippen molar-refractivity contribution >= 4 is 46.8 Å². The molecule has 1 heterocycles. The minimum Gasteiger partial charge on any atom is -0.454 e. The second-order valence-electron chi connectivity index (χ2n) is 10.9. The van der Waals surface area contributed by atoms with Crippen molar-refractivity contribution in [1.29, 1.82) is 0 Å². The van der Waals surface area contributed by atoms with Crippen LogP contribution >= 0.6 is 0 Å². The highest BCUT2D eigenvalue weighted by Gasteiger charge is 2.38. The Balaban J connectivity index is 1.76. The standard InChI is InChI=1S/C38H33NO/c1-8-27-28(9-2)36-30-21-20-24(4)22-31(30)38(6,7)32(36)23-34(27)39(26-16-12-11-13-17-26)33(10-3)37-25(5)29-18-14-15-19-35(29)40-37/h8-23H,1-3,5H2,4,6-7H3/b37-33-. The number of para-hydroxylation sites is 2. The summed E-state index contributed by atoms with van der Waals surface area (Å²) in [6, 6.07) is 27.4. The van der Waals surface area contributed by atoms with Crippen LogP contribution in [0.1, 0.15) is 41.7 Å². The number of hydrogen-bond acceptors (Lipinski definition) is 2. The van der Waals surface area contributed by atoms with Crippen molar-refractivity contribution in [3.63, 3.8) is 0 Å². The molecule has 1 aliphatic carbocycles. The van der Waals surface area contributed by atoms with Crippen molar-refractivity contribution in [2.75, 3.05) is 4.90 Å². The second kappa shape index (κ2) is 9.43. The molecule has 1 aromatic heterocycles. The highest BCUT2D eigenvalue weighted by Crippen LogP contribution is 2.54. The number of rotatable bonds is 6. The molecular weight excluding hydrogens is 486 g/mol. The van der Waals surface area contributed by atoms with E-state index in [1.807, 2.05) is 60.7 Å². The Hall–Kier alpha value is -4.82. The molecule has 0 N–H and O–H groups in total. The number of hydrogen-bond donors (Lipinski definition) is 0. The molecule has 2 nitrogen and oxygen atoms in total. The maximum absolute atomic E-state index is 6.44. The molecule has 0 bridgehead atoms. The Bertz CT molecular complexity index is 1950. The summed E-state index contributed by atoms with van der Waals surface area (Å²) in [4.78, 5) is 2.22. The molecule has 0 saturated carbocycles. The Morgan fingerprint density at radius 1 is 0.825 bits per heavy atom. The predicted octanol–water partition coefficient (Wildman–Crippen LogP) is 8.88. The number of anilines is 2. The first kappa shape index (κ1) is 25.5. The minimum absolute atomic E-state index is 0.198. The van der Waals surface area contributed by atoms with E-state index in [2.05, 4.69) is 88.4 Å². The van der Waals surface area contributed by atoms with Crippen LogP contribution in [0.5, 0.6) is 0 Å². The van der Waals surface area contributed by atoms with Crippen LogP contribution < -0.4 is 15.5 Å². The summed E-state index contributed by atoms with van der Waals surface area (Å²) in [5.74, 6) is 0. The Morgan fingerprint density at radius 2 is 1.52 bits per heavy atom. The molecule has 0 unspecified atom stereocenters. The lowest BCUT2D eigenvalue weighted by Gasteiger charge is -2.31. The number of benzene rings is 4. The molecule has 1 aliphatic rings. The number of aryl methyl sites for hydroxylation is 1. The minimum atomic E-state index is -0.198. The van der Waals surface area contributed by atoms with Gasteiger partial charge in [-0.1, -0.05) is 112 Å². The van der Waals surface area contributed by atoms with E-state index in [-0.39, 0.29) is 5.41 Å². The van der Waals surface area contributed by atoms with Crippen molar-refractivity contribution in [2.45, 2.75) is 26.2 Å². The van der Waals surface area contributed by atoms with Crippen molar-refractivity contribution < 1.29 is 4.42 Å². The topological polar surface area (TPSA) is 16.4 Å². The Morgan fingerprint density at radius 3 is 2.20 bits per heavy atom. The van der Waals surface area contributed by atoms with E-state index in [1.165, 1.54) is 27.8 Å². The third-order valence-corrected chi connectivity index (χ3v) is 8.21. The molecule has 0 saturated heterocycles. The van der Waals surface area contributed by atoms with E-state index in [9.17, 15) is 0 Å². The Kier molecular flexibility index (Phi) is 6.00. The molecule has 4 aromatic carbocycles. The van der Waals surface area contributed by atoms with Crippen LogP contribution in [0.3, 0.4) is 0 Å². The van der Waals surface area contributed by atoms with Crippen LogP contribution in [-0.2, 0) is 5.41 Å². The first-order valence-corrected chi connectivity index (χ1v) is 13.6. The quantitative estimate of drug-likeness (QED) is 0.223. The molecule has 0 amide bonds. The molecule has 196 valence electrons. The molecule has 0 atom stereocenters. The second-order valence-corrected chi connectivity index (χ2v) is 10.9. The molecule has 0 aliphatic heterocycles. The third-order valence-electron chi connectivity index (χ3n) is 8.21. The van der Waals surface area contributed by atoms with Crippen LogP contribution in [0.2, 0.25) is 0 Å². The third kappa shape index (κ3) is 3.64. The smallest absolute Gasteiger partial charge is 0.158 e. The first-order chi connectivity index (χ1) is 19.3. The van der Waals surface area contributed by atoms with E-state index in [0.717, 1.165) is 44.4 Å². The molecule has 40 heavy (non-hydrogen) atoms. The highest BCUT2D eigenvalue weighted by molar-refractivity contribution is 5.98. The Labute approximate surface area is 236 Å². The number of nitrogens with zero attached hydrogens (tertiary/aromatic N) is 1. The van der Waals surface area contributed by atoms with E-state index < -0.39 is 0 Å². The maximum atomic E-state index is 6.44. The van der Waals surface area contributed by atoms with Crippen molar-refractivity contribution in [3.05, 3.63) is 143 Å². The highest BCUT2D eigenvalue weighted by atomic mass is 16.3. The monoisotopic (exact) mass is 519 g/mol. The molecule has 2 heteroatoms. The van der Waals surface area contributed by atoms with Gasteiger partial charge in [-0.15, -0.1) is 0 Å². The SMILES string of the molecule is C=C/C(=c1/oc2ccccc2c1=C)N(c1ccccc1)c1cc2c(c(C=C)c1C=C)-c1ccc(C)cc1C2(C)C. The fourth-order valence-electron chi connectivity index (χ4n) is 6.21. The van der Waals surface area contributed by atoms with Crippen LogP contribution in [0.4, 0.5) is 11.4 Å². The molecule has 0 radical (unpaired) electrons. The van der Waals surface area contributed by atoms with Gasteiger partial charge in [0, 0.05) is 27.3 Å². The molecule has 0 spiro atoms. The van der Waals surface area contributed by atoms with Gasteiger partial charge < -0.3 is 9.32 Å². The van der Waals surface area contributed by atoms with Crippen molar-refractivity contribution in [1.82, 2.24) is 0 Å². The predicted molar refractivity (Wildman–Crippen MR) is 172 cm³/mol. The largest absolute Gasteiger partial charge is 0.454 e. The lowest BCUT2D eigenvalue weighted by atomic mass is 9.80. The van der Waals surface area contributed by atoms with Gasteiger partial charge in [-0.05, 0) is 65.1 Å². The first-order valence-electron chi connectivity index (χ1n) is 13.6. The normalized spacial score (nSPS) is 13.9. The molecular formula is C38H33NO. The summed E-state index contributed by atoms with van der Waals surface area (Å²) in [6.45, 7) is 24.0. The maximum Gasteiger partial charge on any atom is 0.158 e. The van der Waals surface area contributed by atoms with Gasteiger partial charge in [0.25, 0.3) is 0 Å². The van der Waals surface area contributed by atoms with Crippen LogP contribution in [0.15, 0.2) is 109 Å². The molecule has 0 fully saturated rings. The summed E-state index contributed by atoms with van der Waals surface area (Å²) in [7, 11) is 0. The summed E-state index contributed by atoms with van der Waals surface area (Å²) in [5, 5.41) is 1.82. The van der Waals surface area contributed by atoms with Gasteiger partial charge in [-0.3, -0.25) is 0 Å². The summed E-state index contributed by atoms with van der Waals surface area (Å²) >= 11 is 0. The van der Waals surface area contributed by atoms with Gasteiger partial charge in [0.05, 0.1) is 11.4 Å². The molecule has 5 aromatic rings. The zero-order valence-corrected chi connectivity index (χ0v) is 23.4. The van der Waals surface area contributed by atoms with E-state index in [1.54, 1.807) is 0 Å². The van der Waals surface area contributed by atoms with Gasteiger partial charge in [-0.25, -0.2) is 0 Å². The van der Waals surface area contributed by atoms with Crippen molar-refractivity contribution in [3.8, 4) is 11.1 Å². The van der Waals surface area contributed by atoms with Gasteiger partial charge in [0.1, 0.15) is 5.58 Å². The van der Waals surface area contributed by atoms with Gasteiger partial charge in [0.2, 0.25) is 0 Å². The van der Waals surface area contributed by atoms with Gasteiger partial charge >= 0.3 is 0 Å².